The van der Waals surface area contributed by atoms with Gasteiger partial charge in [0.15, 0.2) is 0 Å². The average molecular weight is 357 g/mol. The van der Waals surface area contributed by atoms with Gasteiger partial charge < -0.3 is 15.1 Å². The molecule has 26 heavy (non-hydrogen) atoms. The van der Waals surface area contributed by atoms with Crippen LogP contribution in [0.25, 0.3) is 0 Å². The maximum Gasteiger partial charge on any atom is 0.265 e. The molecule has 0 aromatic carbocycles. The van der Waals surface area contributed by atoms with E-state index >= 15 is 0 Å². The Hall–Kier alpha value is -2.97. The third-order valence-corrected chi connectivity index (χ3v) is 4.43. The first-order valence-electron chi connectivity index (χ1n) is 8.75. The van der Waals surface area contributed by atoms with Crippen LogP contribution in [-0.4, -0.2) is 58.1 Å². The zero-order valence-corrected chi connectivity index (χ0v) is 15.0. The zero-order chi connectivity index (χ0) is 18.5. The molecule has 3 heterocycles. The molecular weight excluding hydrogens is 334 g/mol. The van der Waals surface area contributed by atoms with Gasteiger partial charge in [0.05, 0.1) is 0 Å². The molecule has 1 atom stereocenters. The number of amides is 1. The topological polar surface area (TPSA) is 107 Å². The highest BCUT2D eigenvalue weighted by Gasteiger charge is 2.21. The Morgan fingerprint density at radius 3 is 2.46 bits per heavy atom. The predicted molar refractivity (Wildman–Crippen MR) is 98.5 cm³/mol. The van der Waals surface area contributed by atoms with Crippen LogP contribution in [0.5, 0.6) is 0 Å². The number of piperazine rings is 1. The van der Waals surface area contributed by atoms with E-state index < -0.39 is 11.5 Å². The van der Waals surface area contributed by atoms with E-state index in [4.69, 9.17) is 0 Å². The van der Waals surface area contributed by atoms with Crippen LogP contribution in [0.15, 0.2) is 29.5 Å². The molecule has 0 radical (unpaired) electrons. The fourth-order valence-corrected chi connectivity index (χ4v) is 2.68. The van der Waals surface area contributed by atoms with Crippen LogP contribution < -0.4 is 20.7 Å². The minimum Gasteiger partial charge on any atom is -0.349 e. The van der Waals surface area contributed by atoms with Gasteiger partial charge in [0.2, 0.25) is 11.9 Å². The van der Waals surface area contributed by atoms with E-state index in [0.29, 0.717) is 25.0 Å². The lowest BCUT2D eigenvalue weighted by Crippen LogP contribution is -2.48. The average Bonchev–Trinajstić information content (AvgIpc) is 2.68. The molecule has 1 fully saturated rings. The number of H-pyrrole nitrogens is 1. The van der Waals surface area contributed by atoms with Gasteiger partial charge in [-0.25, -0.2) is 15.0 Å². The van der Waals surface area contributed by atoms with Crippen molar-refractivity contribution in [1.82, 2.24) is 25.3 Å². The van der Waals surface area contributed by atoms with Crippen LogP contribution in [-0.2, 0) is 0 Å². The first-order valence-corrected chi connectivity index (χ1v) is 8.75. The van der Waals surface area contributed by atoms with E-state index in [9.17, 15) is 9.59 Å². The van der Waals surface area contributed by atoms with Crippen molar-refractivity contribution in [2.45, 2.75) is 26.3 Å². The summed E-state index contributed by atoms with van der Waals surface area (Å²) in [6, 6.07) is 1.79. The van der Waals surface area contributed by atoms with Gasteiger partial charge >= 0.3 is 0 Å². The minimum atomic E-state index is -0.426. The second kappa shape index (κ2) is 7.94. The number of nitrogens with one attached hydrogen (secondary N) is 2. The number of carbonyl (C=O) groups is 1. The molecule has 0 saturated carbocycles. The molecule has 0 spiro atoms. The van der Waals surface area contributed by atoms with Crippen molar-refractivity contribution >= 4 is 17.8 Å². The lowest BCUT2D eigenvalue weighted by molar-refractivity contribution is 0.0937. The number of nitrogens with zero attached hydrogens (tertiary/aromatic N) is 5. The summed E-state index contributed by atoms with van der Waals surface area (Å²) in [5, 5.41) is 2.78. The molecule has 1 aliphatic rings. The summed E-state index contributed by atoms with van der Waals surface area (Å²) in [7, 11) is 0. The molecular formula is C17H23N7O2. The van der Waals surface area contributed by atoms with Gasteiger partial charge in [-0.15, -0.1) is 0 Å². The summed E-state index contributed by atoms with van der Waals surface area (Å²) < 4.78 is 0. The molecule has 3 rings (SSSR count). The van der Waals surface area contributed by atoms with Crippen molar-refractivity contribution < 1.29 is 4.79 Å². The lowest BCUT2D eigenvalue weighted by atomic mass is 10.2. The molecule has 9 heteroatoms. The van der Waals surface area contributed by atoms with E-state index in [1.807, 2.05) is 18.7 Å². The first kappa shape index (κ1) is 17.8. The summed E-state index contributed by atoms with van der Waals surface area (Å²) in [4.78, 5) is 44.0. The van der Waals surface area contributed by atoms with Crippen molar-refractivity contribution in [2.75, 3.05) is 36.0 Å². The Morgan fingerprint density at radius 2 is 1.85 bits per heavy atom. The van der Waals surface area contributed by atoms with Gasteiger partial charge in [0, 0.05) is 50.8 Å². The number of hydrogen-bond acceptors (Lipinski definition) is 7. The predicted octanol–water partition coefficient (Wildman–Crippen LogP) is 0.415. The summed E-state index contributed by atoms with van der Waals surface area (Å²) >= 11 is 0. The van der Waals surface area contributed by atoms with Crippen LogP contribution in [0.2, 0.25) is 0 Å². The SMILES string of the molecule is CCC(C)NC(=O)c1cnc(N2CCN(c3ncccn3)CC2)[nH]c1=O. The van der Waals surface area contributed by atoms with Crippen molar-refractivity contribution in [2.24, 2.45) is 0 Å². The van der Waals surface area contributed by atoms with Crippen molar-refractivity contribution in [1.29, 1.82) is 0 Å². The Kier molecular flexibility index (Phi) is 5.45. The number of aromatic amines is 1. The van der Waals surface area contributed by atoms with Crippen molar-refractivity contribution in [3.05, 3.63) is 40.6 Å². The molecule has 1 aliphatic heterocycles. The van der Waals surface area contributed by atoms with E-state index in [0.717, 1.165) is 19.5 Å². The second-order valence-corrected chi connectivity index (χ2v) is 6.26. The monoisotopic (exact) mass is 357 g/mol. The van der Waals surface area contributed by atoms with Crippen LogP contribution in [0.4, 0.5) is 11.9 Å². The number of anilines is 2. The first-order chi connectivity index (χ1) is 12.6. The maximum atomic E-state index is 12.3. The van der Waals surface area contributed by atoms with Gasteiger partial charge in [-0.05, 0) is 19.4 Å². The molecule has 1 unspecified atom stereocenters. The van der Waals surface area contributed by atoms with Gasteiger partial charge in [-0.2, -0.15) is 0 Å². The largest absolute Gasteiger partial charge is 0.349 e. The summed E-state index contributed by atoms with van der Waals surface area (Å²) in [6.07, 6.45) is 5.58. The van der Waals surface area contributed by atoms with Gasteiger partial charge in [-0.1, -0.05) is 6.92 Å². The van der Waals surface area contributed by atoms with E-state index in [2.05, 4.69) is 30.2 Å². The Labute approximate surface area is 151 Å². The smallest absolute Gasteiger partial charge is 0.265 e. The van der Waals surface area contributed by atoms with Crippen LogP contribution in [0.3, 0.4) is 0 Å². The van der Waals surface area contributed by atoms with Crippen molar-refractivity contribution in [3.63, 3.8) is 0 Å². The van der Waals surface area contributed by atoms with Crippen LogP contribution >= 0.6 is 0 Å². The number of carbonyl (C=O) groups excluding carboxylic acids is 1. The molecule has 2 aromatic heterocycles. The molecule has 0 aliphatic carbocycles. The maximum absolute atomic E-state index is 12.3. The molecule has 2 N–H and O–H groups in total. The van der Waals surface area contributed by atoms with E-state index in [1.165, 1.54) is 6.20 Å². The number of rotatable bonds is 5. The van der Waals surface area contributed by atoms with Crippen LogP contribution in [0, 0.1) is 0 Å². The summed E-state index contributed by atoms with van der Waals surface area (Å²) in [6.45, 7) is 6.67. The quantitative estimate of drug-likeness (QED) is 0.798. The van der Waals surface area contributed by atoms with Gasteiger partial charge in [-0.3, -0.25) is 14.6 Å². The lowest BCUT2D eigenvalue weighted by Gasteiger charge is -2.34. The molecule has 1 saturated heterocycles. The standard InChI is InChI=1S/C17H23N7O2/c1-3-12(2)21-14(25)13-11-20-17(22-15(13)26)24-9-7-23(8-10-24)16-18-5-4-6-19-16/h4-6,11-12H,3,7-10H2,1-2H3,(H,21,25)(H,20,22,26). The van der Waals surface area contributed by atoms with Crippen LogP contribution in [0.1, 0.15) is 30.6 Å². The summed E-state index contributed by atoms with van der Waals surface area (Å²) in [5.41, 5.74) is -0.394. The fraction of sp³-hybridized carbons (Fsp3) is 0.471. The number of hydrogen-bond donors (Lipinski definition) is 2. The molecule has 138 valence electrons. The Bertz CT molecular complexity index is 800. The molecule has 1 amide bonds. The van der Waals surface area contributed by atoms with E-state index in [-0.39, 0.29) is 11.6 Å². The third-order valence-electron chi connectivity index (χ3n) is 4.43. The Morgan fingerprint density at radius 1 is 1.19 bits per heavy atom. The third kappa shape index (κ3) is 3.98. The van der Waals surface area contributed by atoms with E-state index in [1.54, 1.807) is 18.5 Å². The van der Waals surface area contributed by atoms with Gasteiger partial charge in [0.1, 0.15) is 5.56 Å². The highest BCUT2D eigenvalue weighted by molar-refractivity contribution is 5.93. The highest BCUT2D eigenvalue weighted by Crippen LogP contribution is 2.13. The zero-order valence-electron chi connectivity index (χ0n) is 15.0. The molecule has 0 bridgehead atoms. The highest BCUT2D eigenvalue weighted by atomic mass is 16.2. The molecule has 9 nitrogen and oxygen atoms in total. The summed E-state index contributed by atoms with van der Waals surface area (Å²) in [5.74, 6) is 0.778. The Balaban J connectivity index is 1.65. The number of aromatic nitrogens is 4. The fourth-order valence-electron chi connectivity index (χ4n) is 2.68. The van der Waals surface area contributed by atoms with Gasteiger partial charge in [0.25, 0.3) is 11.5 Å². The minimum absolute atomic E-state index is 0.00913. The normalized spacial score (nSPS) is 15.6. The molecule has 2 aromatic rings. The second-order valence-electron chi connectivity index (χ2n) is 6.26. The van der Waals surface area contributed by atoms with Crippen molar-refractivity contribution in [3.8, 4) is 0 Å².